The molecule has 7 heteroatoms. The summed E-state index contributed by atoms with van der Waals surface area (Å²) in [4.78, 5) is 42.9. The number of carbonyl (C=O) groups excluding carboxylic acids is 2. The summed E-state index contributed by atoms with van der Waals surface area (Å²) in [7, 11) is 3.21. The molecule has 138 valence electrons. The first-order chi connectivity index (χ1) is 12.4. The Bertz CT molecular complexity index is 917. The van der Waals surface area contributed by atoms with Gasteiger partial charge in [0.05, 0.1) is 16.5 Å². The highest BCUT2D eigenvalue weighted by atomic mass is 16.5. The van der Waals surface area contributed by atoms with Gasteiger partial charge in [-0.15, -0.1) is 0 Å². The van der Waals surface area contributed by atoms with Gasteiger partial charge in [0.1, 0.15) is 5.82 Å². The largest absolute Gasteiger partial charge is 0.449 e. The molecule has 1 atom stereocenters. The lowest BCUT2D eigenvalue weighted by Crippen LogP contribution is -2.34. The van der Waals surface area contributed by atoms with Crippen molar-refractivity contribution in [2.75, 3.05) is 14.1 Å². The number of benzene rings is 1. The van der Waals surface area contributed by atoms with Crippen molar-refractivity contribution in [2.24, 2.45) is 0 Å². The summed E-state index contributed by atoms with van der Waals surface area (Å²) >= 11 is 0. The van der Waals surface area contributed by atoms with Gasteiger partial charge >= 0.3 is 5.97 Å². The summed E-state index contributed by atoms with van der Waals surface area (Å²) in [6.45, 7) is 2.22. The molecular formula is C19H23N3O4. The fourth-order valence-electron chi connectivity index (χ4n) is 3.19. The molecule has 1 aliphatic rings. The third kappa shape index (κ3) is 3.47. The lowest BCUT2D eigenvalue weighted by atomic mass is 10.1. The van der Waals surface area contributed by atoms with E-state index in [4.69, 9.17) is 4.74 Å². The summed E-state index contributed by atoms with van der Waals surface area (Å²) in [5.74, 6) is -0.131. The normalized spacial score (nSPS) is 15.0. The molecule has 0 spiro atoms. The number of amides is 1. The maximum atomic E-state index is 12.7. The topological polar surface area (TPSA) is 81.5 Å². The number of rotatable bonds is 3. The quantitative estimate of drug-likeness (QED) is 0.782. The number of hydrogen-bond acceptors (Lipinski definition) is 5. The number of carbonyl (C=O) groups is 2. The molecule has 26 heavy (non-hydrogen) atoms. The van der Waals surface area contributed by atoms with E-state index in [9.17, 15) is 14.4 Å². The van der Waals surface area contributed by atoms with E-state index in [0.717, 1.165) is 31.5 Å². The van der Waals surface area contributed by atoms with Crippen molar-refractivity contribution >= 4 is 22.8 Å². The van der Waals surface area contributed by atoms with Crippen LogP contribution in [-0.4, -0.2) is 46.5 Å². The number of aryl methyl sites for hydroxylation is 1. The number of esters is 1. The Morgan fingerprint density at radius 3 is 2.73 bits per heavy atom. The monoisotopic (exact) mass is 357 g/mol. The Morgan fingerprint density at radius 2 is 2.00 bits per heavy atom. The van der Waals surface area contributed by atoms with E-state index in [1.165, 1.54) is 11.8 Å². The van der Waals surface area contributed by atoms with E-state index in [1.54, 1.807) is 36.9 Å². The van der Waals surface area contributed by atoms with Crippen LogP contribution in [0.4, 0.5) is 0 Å². The summed E-state index contributed by atoms with van der Waals surface area (Å²) in [6.07, 6.45) is 2.94. The molecule has 0 radical (unpaired) electrons. The van der Waals surface area contributed by atoms with Crippen molar-refractivity contribution < 1.29 is 14.3 Å². The van der Waals surface area contributed by atoms with Gasteiger partial charge in [-0.25, -0.2) is 9.78 Å². The highest BCUT2D eigenvalue weighted by Gasteiger charge is 2.21. The van der Waals surface area contributed by atoms with Crippen LogP contribution in [0.15, 0.2) is 23.0 Å². The van der Waals surface area contributed by atoms with Crippen LogP contribution in [0.3, 0.4) is 0 Å². The van der Waals surface area contributed by atoms with Gasteiger partial charge in [-0.1, -0.05) is 6.42 Å². The molecule has 1 aliphatic heterocycles. The lowest BCUT2D eigenvalue weighted by molar-refractivity contribution is -0.137. The maximum Gasteiger partial charge on any atom is 0.338 e. The summed E-state index contributed by atoms with van der Waals surface area (Å²) < 4.78 is 6.97. The minimum atomic E-state index is -0.876. The van der Waals surface area contributed by atoms with Crippen LogP contribution in [-0.2, 0) is 22.5 Å². The zero-order valence-electron chi connectivity index (χ0n) is 15.3. The Kier molecular flexibility index (Phi) is 5.06. The van der Waals surface area contributed by atoms with E-state index in [1.807, 2.05) is 0 Å². The highest BCUT2D eigenvalue weighted by molar-refractivity contribution is 5.95. The Balaban J connectivity index is 1.93. The molecule has 2 heterocycles. The SMILES string of the molecule is C[C@H](OC(=O)c1ccc2c(=O)n3c(nc2c1)CCCCC3)C(=O)N(C)C. The molecule has 0 saturated carbocycles. The first-order valence-corrected chi connectivity index (χ1v) is 8.84. The average Bonchev–Trinajstić information content (AvgIpc) is 2.86. The summed E-state index contributed by atoms with van der Waals surface area (Å²) in [5.41, 5.74) is 0.702. The van der Waals surface area contributed by atoms with Gasteiger partial charge in [0, 0.05) is 27.1 Å². The van der Waals surface area contributed by atoms with Gasteiger partial charge in [0.25, 0.3) is 11.5 Å². The van der Waals surface area contributed by atoms with E-state index in [2.05, 4.69) is 4.98 Å². The molecule has 0 fully saturated rings. The molecule has 1 aromatic heterocycles. The molecule has 1 aromatic carbocycles. The second kappa shape index (κ2) is 7.27. The maximum absolute atomic E-state index is 12.7. The summed E-state index contributed by atoms with van der Waals surface area (Å²) in [5, 5.41) is 0.490. The smallest absolute Gasteiger partial charge is 0.338 e. The van der Waals surface area contributed by atoms with Crippen LogP contribution in [0.5, 0.6) is 0 Å². The van der Waals surface area contributed by atoms with Crippen molar-refractivity contribution in [3.05, 3.63) is 39.9 Å². The molecule has 0 saturated heterocycles. The van der Waals surface area contributed by atoms with Crippen LogP contribution in [0.25, 0.3) is 10.9 Å². The van der Waals surface area contributed by atoms with Crippen LogP contribution >= 0.6 is 0 Å². The predicted molar refractivity (Wildman–Crippen MR) is 97.1 cm³/mol. The molecule has 0 unspecified atom stereocenters. The van der Waals surface area contributed by atoms with Crippen molar-refractivity contribution in [2.45, 2.75) is 45.3 Å². The molecule has 2 aromatic rings. The second-order valence-corrected chi connectivity index (χ2v) is 6.81. The summed E-state index contributed by atoms with van der Waals surface area (Å²) in [6, 6.07) is 4.72. The van der Waals surface area contributed by atoms with Crippen LogP contribution in [0.1, 0.15) is 42.4 Å². The fraction of sp³-hybridized carbons (Fsp3) is 0.474. The fourth-order valence-corrected chi connectivity index (χ4v) is 3.19. The van der Waals surface area contributed by atoms with Gasteiger partial charge in [0.15, 0.2) is 6.10 Å². The highest BCUT2D eigenvalue weighted by Crippen LogP contribution is 2.17. The number of fused-ring (bicyclic) bond motifs is 2. The molecule has 0 bridgehead atoms. The van der Waals surface area contributed by atoms with Crippen molar-refractivity contribution in [1.29, 1.82) is 0 Å². The van der Waals surface area contributed by atoms with E-state index in [0.29, 0.717) is 17.4 Å². The minimum Gasteiger partial charge on any atom is -0.449 e. The Labute approximate surface area is 151 Å². The lowest BCUT2D eigenvalue weighted by Gasteiger charge is -2.17. The number of ether oxygens (including phenoxy) is 1. The van der Waals surface area contributed by atoms with E-state index >= 15 is 0 Å². The second-order valence-electron chi connectivity index (χ2n) is 6.81. The first-order valence-electron chi connectivity index (χ1n) is 8.84. The Morgan fingerprint density at radius 1 is 1.23 bits per heavy atom. The standard InChI is InChI=1S/C19H23N3O4/c1-12(17(23)21(2)3)26-19(25)13-8-9-14-15(11-13)20-16-7-5-4-6-10-22(16)18(14)24/h8-9,11-12H,4-7,10H2,1-3H3/t12-/m0/s1. The van der Waals surface area contributed by atoms with E-state index < -0.39 is 12.1 Å². The zero-order valence-corrected chi connectivity index (χ0v) is 15.3. The van der Waals surface area contributed by atoms with Crippen molar-refractivity contribution in [3.63, 3.8) is 0 Å². The molecule has 3 rings (SSSR count). The molecule has 0 aliphatic carbocycles. The van der Waals surface area contributed by atoms with Crippen LogP contribution in [0, 0.1) is 0 Å². The van der Waals surface area contributed by atoms with E-state index in [-0.39, 0.29) is 17.0 Å². The average molecular weight is 357 g/mol. The predicted octanol–water partition coefficient (Wildman–Crippen LogP) is 1.76. The molecular weight excluding hydrogens is 334 g/mol. The van der Waals surface area contributed by atoms with Crippen molar-refractivity contribution in [3.8, 4) is 0 Å². The minimum absolute atomic E-state index is 0.0667. The number of aromatic nitrogens is 2. The Hall–Kier alpha value is -2.70. The van der Waals surface area contributed by atoms with Gasteiger partial charge in [0.2, 0.25) is 0 Å². The number of hydrogen-bond donors (Lipinski definition) is 0. The van der Waals surface area contributed by atoms with Gasteiger partial charge in [-0.2, -0.15) is 0 Å². The molecule has 0 N–H and O–H groups in total. The zero-order chi connectivity index (χ0) is 18.8. The third-order valence-electron chi connectivity index (χ3n) is 4.62. The van der Waals surface area contributed by atoms with Crippen molar-refractivity contribution in [1.82, 2.24) is 14.5 Å². The van der Waals surface area contributed by atoms with Gasteiger partial charge in [-0.05, 0) is 38.0 Å². The van der Waals surface area contributed by atoms with Crippen LogP contribution < -0.4 is 5.56 Å². The van der Waals surface area contributed by atoms with Crippen LogP contribution in [0.2, 0.25) is 0 Å². The van der Waals surface area contributed by atoms with Gasteiger partial charge in [-0.3, -0.25) is 14.2 Å². The number of likely N-dealkylation sites (N-methyl/N-ethyl adjacent to an activating group) is 1. The first kappa shape index (κ1) is 18.1. The molecule has 1 amide bonds. The number of nitrogens with zero attached hydrogens (tertiary/aromatic N) is 3. The third-order valence-corrected chi connectivity index (χ3v) is 4.62. The molecule has 7 nitrogen and oxygen atoms in total. The van der Waals surface area contributed by atoms with Gasteiger partial charge < -0.3 is 9.64 Å².